The molecule has 1 aromatic carbocycles. The summed E-state index contributed by atoms with van der Waals surface area (Å²) in [6.07, 6.45) is 4.37. The summed E-state index contributed by atoms with van der Waals surface area (Å²) in [5.41, 5.74) is 3.56. The molecule has 1 N–H and O–H groups in total. The Hall–Kier alpha value is -2.01. The summed E-state index contributed by atoms with van der Waals surface area (Å²) in [6, 6.07) is 12.6. The van der Waals surface area contributed by atoms with E-state index < -0.39 is 0 Å². The molecular weight excluding hydrogens is 330 g/mol. The summed E-state index contributed by atoms with van der Waals surface area (Å²) in [7, 11) is 0. The van der Waals surface area contributed by atoms with E-state index in [9.17, 15) is 4.79 Å². The zero-order valence-corrected chi connectivity index (χ0v) is 15.5. The van der Waals surface area contributed by atoms with Crippen molar-refractivity contribution in [2.24, 2.45) is 0 Å². The van der Waals surface area contributed by atoms with E-state index in [1.54, 1.807) is 11.8 Å². The fraction of sp³-hybridized carbons (Fsp3) is 0.400. The Balaban J connectivity index is 1.37. The lowest BCUT2D eigenvalue weighted by atomic mass is 10.2. The molecule has 3 rings (SSSR count). The van der Waals surface area contributed by atoms with E-state index in [0.29, 0.717) is 12.3 Å². The first-order chi connectivity index (χ1) is 12.2. The number of aromatic nitrogens is 1. The summed E-state index contributed by atoms with van der Waals surface area (Å²) in [5.74, 6) is 2.45. The second kappa shape index (κ2) is 8.90. The Morgan fingerprint density at radius 2 is 1.84 bits per heavy atom. The van der Waals surface area contributed by atoms with Gasteiger partial charge in [0.1, 0.15) is 5.82 Å². The molecule has 1 aliphatic rings. The van der Waals surface area contributed by atoms with Gasteiger partial charge in [-0.15, -0.1) is 11.8 Å². The molecule has 0 unspecified atom stereocenters. The lowest BCUT2D eigenvalue weighted by molar-refractivity contribution is -0.118. The highest BCUT2D eigenvalue weighted by atomic mass is 32.2. The second-order valence-electron chi connectivity index (χ2n) is 6.47. The van der Waals surface area contributed by atoms with Crippen molar-refractivity contribution >= 4 is 23.5 Å². The van der Waals surface area contributed by atoms with E-state index in [4.69, 9.17) is 0 Å². The molecule has 1 amide bonds. The normalized spacial score (nSPS) is 13.9. The van der Waals surface area contributed by atoms with Crippen molar-refractivity contribution in [2.45, 2.75) is 32.1 Å². The van der Waals surface area contributed by atoms with Gasteiger partial charge in [0.05, 0.1) is 5.75 Å². The molecule has 0 spiro atoms. The monoisotopic (exact) mass is 355 g/mol. The average Bonchev–Trinajstić information content (AvgIpc) is 3.17. The van der Waals surface area contributed by atoms with Crippen molar-refractivity contribution in [1.29, 1.82) is 0 Å². The number of carbonyl (C=O) groups is 1. The molecule has 1 aliphatic heterocycles. The minimum absolute atomic E-state index is 0.0701. The molecule has 0 saturated carbocycles. The van der Waals surface area contributed by atoms with E-state index in [1.807, 2.05) is 6.20 Å². The fourth-order valence-electron chi connectivity index (χ4n) is 2.85. The van der Waals surface area contributed by atoms with Crippen LogP contribution in [0.25, 0.3) is 0 Å². The highest BCUT2D eigenvalue weighted by Gasteiger charge is 2.13. The molecule has 1 saturated heterocycles. The minimum Gasteiger partial charge on any atom is -0.357 e. The lowest BCUT2D eigenvalue weighted by Crippen LogP contribution is -2.25. The third kappa shape index (κ3) is 5.49. The third-order valence-electron chi connectivity index (χ3n) is 4.35. The number of rotatable bonds is 7. The molecule has 0 atom stereocenters. The smallest absolute Gasteiger partial charge is 0.230 e. The average molecular weight is 356 g/mol. The largest absolute Gasteiger partial charge is 0.357 e. The molecule has 1 aromatic heterocycles. The van der Waals surface area contributed by atoms with Gasteiger partial charge in [-0.2, -0.15) is 0 Å². The number of hydrogen-bond donors (Lipinski definition) is 1. The SMILES string of the molecule is Cc1ccc(CSCC(=O)NCc2ccc(N3CCCC3)nc2)cc1. The molecule has 0 aliphatic carbocycles. The van der Waals surface area contributed by atoms with Crippen molar-refractivity contribution < 1.29 is 4.79 Å². The van der Waals surface area contributed by atoms with Crippen molar-refractivity contribution in [3.63, 3.8) is 0 Å². The van der Waals surface area contributed by atoms with Crippen LogP contribution in [0.5, 0.6) is 0 Å². The third-order valence-corrected chi connectivity index (χ3v) is 5.36. The first kappa shape index (κ1) is 17.8. The molecule has 0 radical (unpaired) electrons. The van der Waals surface area contributed by atoms with E-state index in [-0.39, 0.29) is 5.91 Å². The predicted molar refractivity (Wildman–Crippen MR) is 105 cm³/mol. The Bertz CT molecular complexity index is 679. The molecule has 2 heterocycles. The summed E-state index contributed by atoms with van der Waals surface area (Å²) in [4.78, 5) is 18.8. The van der Waals surface area contributed by atoms with Crippen molar-refractivity contribution in [3.8, 4) is 0 Å². The zero-order chi connectivity index (χ0) is 17.5. The van der Waals surface area contributed by atoms with Gasteiger partial charge in [0.2, 0.25) is 5.91 Å². The topological polar surface area (TPSA) is 45.2 Å². The van der Waals surface area contributed by atoms with Crippen LogP contribution >= 0.6 is 11.8 Å². The quantitative estimate of drug-likeness (QED) is 0.825. The molecule has 0 bridgehead atoms. The fourth-order valence-corrected chi connectivity index (χ4v) is 3.67. The van der Waals surface area contributed by atoms with Crippen LogP contribution in [0.1, 0.15) is 29.5 Å². The van der Waals surface area contributed by atoms with Crippen molar-refractivity contribution in [3.05, 3.63) is 59.3 Å². The number of thioether (sulfide) groups is 1. The number of carbonyl (C=O) groups excluding carboxylic acids is 1. The number of anilines is 1. The number of nitrogens with one attached hydrogen (secondary N) is 1. The van der Waals surface area contributed by atoms with E-state index in [1.165, 1.54) is 24.0 Å². The van der Waals surface area contributed by atoms with Gasteiger partial charge in [-0.05, 0) is 37.0 Å². The molecule has 5 heteroatoms. The van der Waals surface area contributed by atoms with Gasteiger partial charge in [0.15, 0.2) is 0 Å². The Labute approximate surface area is 154 Å². The van der Waals surface area contributed by atoms with Gasteiger partial charge in [-0.25, -0.2) is 4.98 Å². The Morgan fingerprint density at radius 3 is 2.52 bits per heavy atom. The lowest BCUT2D eigenvalue weighted by Gasteiger charge is -2.16. The molecule has 25 heavy (non-hydrogen) atoms. The van der Waals surface area contributed by atoms with Crippen LogP contribution in [0, 0.1) is 6.92 Å². The van der Waals surface area contributed by atoms with Gasteiger partial charge >= 0.3 is 0 Å². The highest BCUT2D eigenvalue weighted by Crippen LogP contribution is 2.17. The Morgan fingerprint density at radius 1 is 1.12 bits per heavy atom. The van der Waals surface area contributed by atoms with E-state index >= 15 is 0 Å². The van der Waals surface area contributed by atoms with Gasteiger partial charge < -0.3 is 10.2 Å². The first-order valence-electron chi connectivity index (χ1n) is 8.80. The zero-order valence-electron chi connectivity index (χ0n) is 14.7. The van der Waals surface area contributed by atoms with Gasteiger partial charge in [0, 0.05) is 31.6 Å². The first-order valence-corrected chi connectivity index (χ1v) is 9.96. The number of amides is 1. The maximum atomic E-state index is 12.0. The maximum Gasteiger partial charge on any atom is 0.230 e. The summed E-state index contributed by atoms with van der Waals surface area (Å²) >= 11 is 1.64. The van der Waals surface area contributed by atoms with Gasteiger partial charge in [0.25, 0.3) is 0 Å². The van der Waals surface area contributed by atoms with E-state index in [0.717, 1.165) is 30.2 Å². The van der Waals surface area contributed by atoms with E-state index in [2.05, 4.69) is 58.5 Å². The minimum atomic E-state index is 0.0701. The van der Waals surface area contributed by atoms with Crippen LogP contribution in [0.15, 0.2) is 42.6 Å². The maximum absolute atomic E-state index is 12.0. The summed E-state index contributed by atoms with van der Waals surface area (Å²) < 4.78 is 0. The van der Waals surface area contributed by atoms with Crippen LogP contribution in [-0.4, -0.2) is 29.7 Å². The standard InChI is InChI=1S/C20H25N3OS/c1-16-4-6-17(7-5-16)14-25-15-20(24)22-13-18-8-9-19(21-12-18)23-10-2-3-11-23/h4-9,12H,2-3,10-11,13-15H2,1H3,(H,22,24). The molecule has 4 nitrogen and oxygen atoms in total. The Kier molecular flexibility index (Phi) is 6.34. The number of hydrogen-bond acceptors (Lipinski definition) is 4. The molecule has 132 valence electrons. The van der Waals surface area contributed by atoms with Gasteiger partial charge in [-0.1, -0.05) is 35.9 Å². The highest BCUT2D eigenvalue weighted by molar-refractivity contribution is 7.99. The number of benzene rings is 1. The van der Waals surface area contributed by atoms with Crippen LogP contribution in [-0.2, 0) is 17.1 Å². The number of aryl methyl sites for hydroxylation is 1. The second-order valence-corrected chi connectivity index (χ2v) is 7.46. The van der Waals surface area contributed by atoms with Crippen LogP contribution in [0.4, 0.5) is 5.82 Å². The predicted octanol–water partition coefficient (Wildman–Crippen LogP) is 3.54. The number of nitrogens with zero attached hydrogens (tertiary/aromatic N) is 2. The van der Waals surface area contributed by atoms with Crippen molar-refractivity contribution in [1.82, 2.24) is 10.3 Å². The molecule has 1 fully saturated rings. The van der Waals surface area contributed by atoms with Crippen molar-refractivity contribution in [2.75, 3.05) is 23.7 Å². The van der Waals surface area contributed by atoms with Crippen LogP contribution in [0.3, 0.4) is 0 Å². The van der Waals surface area contributed by atoms with Crippen LogP contribution < -0.4 is 10.2 Å². The molecular formula is C20H25N3OS. The van der Waals surface area contributed by atoms with Crippen LogP contribution in [0.2, 0.25) is 0 Å². The molecule has 2 aromatic rings. The number of pyridine rings is 1. The summed E-state index contributed by atoms with van der Waals surface area (Å²) in [5, 5.41) is 2.97. The summed E-state index contributed by atoms with van der Waals surface area (Å²) in [6.45, 7) is 4.82. The van der Waals surface area contributed by atoms with Gasteiger partial charge in [-0.3, -0.25) is 4.79 Å².